The quantitative estimate of drug-likeness (QED) is 0.218. The van der Waals surface area contributed by atoms with E-state index in [2.05, 4.69) is 70.9 Å². The van der Waals surface area contributed by atoms with Gasteiger partial charge in [0.25, 0.3) is 0 Å². The van der Waals surface area contributed by atoms with E-state index in [1.54, 1.807) is 0 Å². The van der Waals surface area contributed by atoms with Crippen molar-refractivity contribution in [2.45, 2.75) is 39.4 Å². The van der Waals surface area contributed by atoms with Crippen LogP contribution in [0.2, 0.25) is 0 Å². The molecule has 6 nitrogen and oxygen atoms in total. The lowest BCUT2D eigenvalue weighted by atomic mass is 9.96. The molecule has 0 saturated carbocycles. The Balaban J connectivity index is 1.37. The molecule has 5 aromatic rings. The number of nitrogens with one attached hydrogen (secondary N) is 1. The largest absolute Gasteiger partial charge is 0.457 e. The first-order chi connectivity index (χ1) is 19.5. The lowest BCUT2D eigenvalue weighted by Crippen LogP contribution is -2.29. The van der Waals surface area contributed by atoms with Gasteiger partial charge in [0.1, 0.15) is 11.5 Å². The fraction of sp³-hybridized carbons (Fsp3) is 0.182. The molecule has 0 unspecified atom stereocenters. The van der Waals surface area contributed by atoms with Crippen LogP contribution in [0.5, 0.6) is 11.5 Å². The summed E-state index contributed by atoms with van der Waals surface area (Å²) in [6.45, 7) is 7.17. The Kier molecular flexibility index (Phi) is 7.05. The molecule has 7 heteroatoms. The molecule has 2 atom stereocenters. The maximum absolute atomic E-state index is 6.09. The number of thiocarbonyl (C=S) groups is 1. The van der Waals surface area contributed by atoms with Crippen LogP contribution >= 0.6 is 12.2 Å². The summed E-state index contributed by atoms with van der Waals surface area (Å²) in [6, 6.07) is 28.4. The van der Waals surface area contributed by atoms with Gasteiger partial charge in [-0.3, -0.25) is 9.97 Å². The number of hydrogen-bond acceptors (Lipinski definition) is 4. The van der Waals surface area contributed by atoms with Gasteiger partial charge in [0.2, 0.25) is 0 Å². The third-order valence-electron chi connectivity index (χ3n) is 7.46. The van der Waals surface area contributed by atoms with Crippen molar-refractivity contribution in [1.82, 2.24) is 19.9 Å². The van der Waals surface area contributed by atoms with E-state index in [1.165, 1.54) is 28.1 Å². The molecular weight excluding hydrogens is 514 g/mol. The summed E-state index contributed by atoms with van der Waals surface area (Å²) in [6.07, 6.45) is 5.57. The van der Waals surface area contributed by atoms with Crippen molar-refractivity contribution >= 4 is 23.0 Å². The zero-order valence-corrected chi connectivity index (χ0v) is 23.6. The number of aryl methyl sites for hydroxylation is 2. The zero-order valence-electron chi connectivity index (χ0n) is 22.8. The minimum atomic E-state index is -0.107. The Labute approximate surface area is 240 Å². The van der Waals surface area contributed by atoms with Gasteiger partial charge in [0.15, 0.2) is 5.11 Å². The van der Waals surface area contributed by atoms with Crippen LogP contribution < -0.4 is 15.0 Å². The molecular formula is C33H31N5OS. The van der Waals surface area contributed by atoms with Gasteiger partial charge in [-0.15, -0.1) is 0 Å². The highest BCUT2D eigenvalue weighted by molar-refractivity contribution is 7.80. The maximum Gasteiger partial charge on any atom is 0.174 e. The smallest absolute Gasteiger partial charge is 0.174 e. The van der Waals surface area contributed by atoms with Gasteiger partial charge in [0.05, 0.1) is 17.8 Å². The Morgan fingerprint density at radius 3 is 2.30 bits per heavy atom. The maximum atomic E-state index is 6.09. The van der Waals surface area contributed by atoms with Gasteiger partial charge in [-0.2, -0.15) is 0 Å². The minimum absolute atomic E-state index is 0.0832. The number of aromatic nitrogens is 3. The number of nitrogens with zero attached hydrogens (tertiary/aromatic N) is 4. The lowest BCUT2D eigenvalue weighted by Gasteiger charge is -2.28. The van der Waals surface area contributed by atoms with Gasteiger partial charge in [-0.05, 0) is 105 Å². The average Bonchev–Trinajstić information content (AvgIpc) is 3.46. The number of anilines is 1. The summed E-state index contributed by atoms with van der Waals surface area (Å²) >= 11 is 5.96. The van der Waals surface area contributed by atoms with Crippen LogP contribution in [0.3, 0.4) is 0 Å². The molecule has 200 valence electrons. The first-order valence-electron chi connectivity index (χ1n) is 13.4. The SMILES string of the molecule is Cc1ccc(Oc2ccc(N3C(=S)N[C@@H](c4ccccn4)[C@H]3c3cc(C)n(Cc4cccnc4)c3C)cc2)cc1. The number of ether oxygens (including phenoxy) is 1. The molecule has 0 bridgehead atoms. The topological polar surface area (TPSA) is 55.2 Å². The van der Waals surface area contributed by atoms with Crippen LogP contribution in [0.1, 0.15) is 45.9 Å². The van der Waals surface area contributed by atoms with Gasteiger partial charge >= 0.3 is 0 Å². The van der Waals surface area contributed by atoms with Crippen LogP contribution in [0.15, 0.2) is 104 Å². The average molecular weight is 546 g/mol. The van der Waals surface area contributed by atoms with Crippen LogP contribution in [-0.4, -0.2) is 19.6 Å². The van der Waals surface area contributed by atoms with E-state index >= 15 is 0 Å². The molecule has 40 heavy (non-hydrogen) atoms. The van der Waals surface area contributed by atoms with Crippen molar-refractivity contribution in [3.05, 3.63) is 137 Å². The summed E-state index contributed by atoms with van der Waals surface area (Å²) in [7, 11) is 0. The molecule has 6 rings (SSSR count). The standard InChI is InChI=1S/C33H31N5OS/c1-22-9-13-27(14-10-22)39-28-15-11-26(12-16-28)38-32(31(36-33(38)40)30-8-4-5-18-35-30)29-19-23(2)37(24(29)3)21-25-7-6-17-34-20-25/h4-20,31-32H,21H2,1-3H3,(H,36,40)/t31-,32+/m0/s1. The lowest BCUT2D eigenvalue weighted by molar-refractivity contribution is 0.482. The van der Waals surface area contributed by atoms with E-state index < -0.39 is 0 Å². The van der Waals surface area contributed by atoms with E-state index in [4.69, 9.17) is 21.9 Å². The van der Waals surface area contributed by atoms with E-state index in [1.807, 2.05) is 73.2 Å². The fourth-order valence-corrected chi connectivity index (χ4v) is 5.76. The highest BCUT2D eigenvalue weighted by atomic mass is 32.1. The van der Waals surface area contributed by atoms with Crippen LogP contribution in [0.25, 0.3) is 0 Å². The van der Waals surface area contributed by atoms with Gasteiger partial charge < -0.3 is 19.5 Å². The van der Waals surface area contributed by atoms with Crippen molar-refractivity contribution in [3.63, 3.8) is 0 Å². The van der Waals surface area contributed by atoms with Crippen molar-refractivity contribution in [2.75, 3.05) is 4.90 Å². The molecule has 3 aromatic heterocycles. The highest BCUT2D eigenvalue weighted by Crippen LogP contribution is 2.43. The summed E-state index contributed by atoms with van der Waals surface area (Å²) in [4.78, 5) is 11.2. The normalized spacial score (nSPS) is 16.7. The molecule has 0 radical (unpaired) electrons. The molecule has 1 saturated heterocycles. The van der Waals surface area contributed by atoms with Gasteiger partial charge in [-0.1, -0.05) is 29.8 Å². The summed E-state index contributed by atoms with van der Waals surface area (Å²) in [5.41, 5.74) is 7.91. The fourth-order valence-electron chi connectivity index (χ4n) is 5.41. The second-order valence-corrected chi connectivity index (χ2v) is 10.6. The molecule has 0 amide bonds. The first-order valence-corrected chi connectivity index (χ1v) is 13.8. The third-order valence-corrected chi connectivity index (χ3v) is 7.78. The molecule has 1 aliphatic rings. The molecule has 1 fully saturated rings. The molecule has 4 heterocycles. The van der Waals surface area contributed by atoms with E-state index in [0.29, 0.717) is 5.11 Å². The highest BCUT2D eigenvalue weighted by Gasteiger charge is 2.42. The molecule has 0 aliphatic carbocycles. The van der Waals surface area contributed by atoms with Crippen LogP contribution in [0, 0.1) is 20.8 Å². The van der Waals surface area contributed by atoms with Gasteiger partial charge in [-0.25, -0.2) is 0 Å². The number of hydrogen-bond donors (Lipinski definition) is 1. The second kappa shape index (κ2) is 10.9. The molecule has 1 N–H and O–H groups in total. The Bertz CT molecular complexity index is 1620. The Morgan fingerprint density at radius 1 is 0.875 bits per heavy atom. The van der Waals surface area contributed by atoms with Crippen molar-refractivity contribution in [2.24, 2.45) is 0 Å². The first kappa shape index (κ1) is 25.8. The van der Waals surface area contributed by atoms with Gasteiger partial charge in [0, 0.05) is 42.2 Å². The van der Waals surface area contributed by atoms with E-state index in [-0.39, 0.29) is 12.1 Å². The second-order valence-electron chi connectivity index (χ2n) is 10.2. The van der Waals surface area contributed by atoms with Crippen LogP contribution in [0.4, 0.5) is 5.69 Å². The van der Waals surface area contributed by atoms with Crippen LogP contribution in [-0.2, 0) is 6.54 Å². The third kappa shape index (κ3) is 5.08. The van der Waals surface area contributed by atoms with E-state index in [0.717, 1.165) is 29.4 Å². The minimum Gasteiger partial charge on any atom is -0.457 e. The molecule has 1 aliphatic heterocycles. The summed E-state index contributed by atoms with van der Waals surface area (Å²) < 4.78 is 8.44. The molecule has 2 aromatic carbocycles. The zero-order chi connectivity index (χ0) is 27.6. The predicted octanol–water partition coefficient (Wildman–Crippen LogP) is 7.22. The van der Waals surface area contributed by atoms with Crippen molar-refractivity contribution < 1.29 is 4.74 Å². The number of benzene rings is 2. The predicted molar refractivity (Wildman–Crippen MR) is 163 cm³/mol. The number of rotatable bonds is 7. The Hall–Kier alpha value is -4.49. The molecule has 0 spiro atoms. The van der Waals surface area contributed by atoms with Crippen molar-refractivity contribution in [3.8, 4) is 11.5 Å². The monoisotopic (exact) mass is 545 g/mol. The Morgan fingerprint density at radius 2 is 1.62 bits per heavy atom. The summed E-state index contributed by atoms with van der Waals surface area (Å²) in [5, 5.41) is 4.25. The number of pyridine rings is 2. The summed E-state index contributed by atoms with van der Waals surface area (Å²) in [5.74, 6) is 1.59. The van der Waals surface area contributed by atoms with Crippen molar-refractivity contribution in [1.29, 1.82) is 0 Å². The van der Waals surface area contributed by atoms with E-state index in [9.17, 15) is 0 Å².